The maximum absolute atomic E-state index is 10.5. The minimum atomic E-state index is -0.631. The second-order valence-electron chi connectivity index (χ2n) is 1.67. The molecular weight excluding hydrogens is 191 g/mol. The van der Waals surface area contributed by atoms with E-state index in [9.17, 15) is 5.11 Å². The molecule has 0 aromatic rings. The molecule has 0 aromatic carbocycles. The van der Waals surface area contributed by atoms with Gasteiger partial charge in [-0.2, -0.15) is 11.8 Å². The van der Waals surface area contributed by atoms with E-state index in [0.717, 1.165) is 5.75 Å². The summed E-state index contributed by atoms with van der Waals surface area (Å²) in [6.07, 6.45) is 2.46. The van der Waals surface area contributed by atoms with E-state index < -0.39 is 5.95 Å². The van der Waals surface area contributed by atoms with Crippen LogP contribution in [0.1, 0.15) is 6.42 Å². The topological polar surface area (TPSA) is 84.3 Å². The van der Waals surface area contributed by atoms with Crippen molar-refractivity contribution in [2.24, 2.45) is 11.6 Å². The molecule has 11 heavy (non-hydrogen) atoms. The Morgan fingerprint density at radius 3 is 2.55 bits per heavy atom. The average molecular weight is 202 g/mol. The van der Waals surface area contributed by atoms with Crippen LogP contribution in [0.2, 0.25) is 0 Å². The van der Waals surface area contributed by atoms with Crippen molar-refractivity contribution >= 4 is 11.8 Å². The molecule has 0 radical (unpaired) electrons. The minimum Gasteiger partial charge on any atom is -0.548 e. The van der Waals surface area contributed by atoms with Crippen molar-refractivity contribution in [1.29, 1.82) is 0 Å². The van der Waals surface area contributed by atoms with Crippen molar-refractivity contribution in [3.63, 3.8) is 0 Å². The first-order valence-corrected chi connectivity index (χ1v) is 4.13. The van der Waals surface area contributed by atoms with Gasteiger partial charge < -0.3 is 15.7 Å². The summed E-state index contributed by atoms with van der Waals surface area (Å²) >= 11 is 1.61. The van der Waals surface area contributed by atoms with Crippen LogP contribution in [-0.2, 0) is 4.84 Å². The second kappa shape index (κ2) is 9.18. The molecule has 4 nitrogen and oxygen atoms in total. The van der Waals surface area contributed by atoms with E-state index in [2.05, 4.69) is 10.7 Å². The van der Waals surface area contributed by atoms with Crippen molar-refractivity contribution < 1.29 is 61.3 Å². The average Bonchev–Trinajstić information content (AvgIpc) is 1.98. The molecule has 0 unspecified atom stereocenters. The fourth-order valence-electron chi connectivity index (χ4n) is 0.390. The van der Waals surface area contributed by atoms with Gasteiger partial charge in [0.1, 0.15) is 0 Å². The van der Waals surface area contributed by atoms with Gasteiger partial charge in [0.2, 0.25) is 0 Å². The molecule has 4 N–H and O–H groups in total. The fourth-order valence-corrected chi connectivity index (χ4v) is 0.814. The first-order chi connectivity index (χ1) is 4.72. The van der Waals surface area contributed by atoms with E-state index in [0.29, 0.717) is 6.42 Å². The Labute approximate surface area is 113 Å². The van der Waals surface area contributed by atoms with E-state index in [4.69, 9.17) is 5.73 Å². The molecule has 0 heterocycles. The molecule has 0 aliphatic carbocycles. The molecule has 0 saturated heterocycles. The van der Waals surface area contributed by atoms with E-state index >= 15 is 0 Å². The Balaban J connectivity index is 0. The maximum Gasteiger partial charge on any atom is 1.00 e. The normalized spacial score (nSPS) is 11.5. The van der Waals surface area contributed by atoms with E-state index in [-0.39, 0.29) is 57.1 Å². The van der Waals surface area contributed by atoms with Crippen LogP contribution in [0, 0.1) is 0 Å². The Morgan fingerprint density at radius 1 is 1.64 bits per heavy atom. The molecule has 6 heteroatoms. The zero-order valence-electron chi connectivity index (χ0n) is 6.79. The molecule has 0 rings (SSSR count). The number of rotatable bonds is 4. The van der Waals surface area contributed by atoms with Crippen LogP contribution in [0.25, 0.3) is 0 Å². The van der Waals surface area contributed by atoms with Gasteiger partial charge in [-0.1, -0.05) is 0 Å². The van der Waals surface area contributed by atoms with Crippen molar-refractivity contribution in [1.82, 2.24) is 0 Å². The van der Waals surface area contributed by atoms with Crippen LogP contribution < -0.4 is 68.1 Å². The molecule has 0 aliphatic rings. The summed E-state index contributed by atoms with van der Waals surface area (Å²) in [7, 11) is 0. The monoisotopic (exact) mass is 202 g/mol. The van der Waals surface area contributed by atoms with Crippen molar-refractivity contribution in [3.8, 4) is 0 Å². The van der Waals surface area contributed by atoms with Crippen LogP contribution in [0.15, 0.2) is 11.6 Å². The molecular formula is C5H11KN2O2S. The summed E-state index contributed by atoms with van der Waals surface area (Å²) in [5.74, 6) is 4.76. The predicted octanol–water partition coefficient (Wildman–Crippen LogP) is -3.88. The van der Waals surface area contributed by atoms with Gasteiger partial charge in [-0.05, 0) is 18.4 Å². The van der Waals surface area contributed by atoms with Gasteiger partial charge in [0, 0.05) is 5.70 Å². The molecule has 0 saturated carbocycles. The van der Waals surface area contributed by atoms with E-state index in [1.165, 1.54) is 0 Å². The van der Waals surface area contributed by atoms with Gasteiger partial charge in [0.05, 0.1) is 5.95 Å². The van der Waals surface area contributed by atoms with Crippen molar-refractivity contribution in [2.75, 3.05) is 12.0 Å². The molecule has 0 aliphatic heterocycles. The minimum absolute atomic E-state index is 0. The summed E-state index contributed by atoms with van der Waals surface area (Å²) in [5, 5.41) is 10.5. The summed E-state index contributed by atoms with van der Waals surface area (Å²) in [6.45, 7) is 0. The van der Waals surface area contributed by atoms with Crippen LogP contribution in [0.5, 0.6) is 0 Å². The smallest absolute Gasteiger partial charge is 0.548 e. The van der Waals surface area contributed by atoms with Crippen molar-refractivity contribution in [2.45, 2.75) is 6.42 Å². The SMILES string of the molecule is CSCC/C(N)=C(/[O-])ON.[K+]. The van der Waals surface area contributed by atoms with E-state index in [1.807, 2.05) is 6.26 Å². The van der Waals surface area contributed by atoms with E-state index in [1.54, 1.807) is 11.8 Å². The van der Waals surface area contributed by atoms with Gasteiger partial charge in [-0.25, -0.2) is 0 Å². The fraction of sp³-hybridized carbons (Fsp3) is 0.600. The van der Waals surface area contributed by atoms with Crippen molar-refractivity contribution in [3.05, 3.63) is 11.6 Å². The second-order valence-corrected chi connectivity index (χ2v) is 2.66. The van der Waals surface area contributed by atoms with Crippen LogP contribution in [0.3, 0.4) is 0 Å². The summed E-state index contributed by atoms with van der Waals surface area (Å²) < 4.78 is 0. The van der Waals surface area contributed by atoms with Gasteiger partial charge in [-0.3, -0.25) is 5.90 Å². The summed E-state index contributed by atoms with van der Waals surface area (Å²) in [4.78, 5) is 3.90. The van der Waals surface area contributed by atoms with Crippen LogP contribution >= 0.6 is 11.8 Å². The largest absolute Gasteiger partial charge is 1.00 e. The third-order valence-electron chi connectivity index (χ3n) is 0.945. The molecule has 0 bridgehead atoms. The third kappa shape index (κ3) is 7.45. The van der Waals surface area contributed by atoms with Crippen LogP contribution in [0.4, 0.5) is 0 Å². The number of hydrogen-bond acceptors (Lipinski definition) is 5. The quantitative estimate of drug-likeness (QED) is 0.277. The molecule has 0 aromatic heterocycles. The molecule has 60 valence electrons. The number of allylic oxidation sites excluding steroid dienone is 1. The summed E-state index contributed by atoms with van der Waals surface area (Å²) in [5.41, 5.74) is 5.44. The van der Waals surface area contributed by atoms with Gasteiger partial charge in [0.15, 0.2) is 0 Å². The number of thioether (sulfide) groups is 1. The predicted molar refractivity (Wildman–Crippen MR) is 39.5 cm³/mol. The Morgan fingerprint density at radius 2 is 2.18 bits per heavy atom. The third-order valence-corrected chi connectivity index (χ3v) is 1.56. The first-order valence-electron chi connectivity index (χ1n) is 2.73. The Kier molecular flexibility index (Phi) is 12.2. The molecule has 0 fully saturated rings. The van der Waals surface area contributed by atoms with Crippen LogP contribution in [-0.4, -0.2) is 12.0 Å². The molecule has 0 spiro atoms. The number of nitrogens with two attached hydrogens (primary N) is 2. The van der Waals surface area contributed by atoms with Gasteiger partial charge in [0.25, 0.3) is 0 Å². The molecule has 0 atom stereocenters. The zero-order chi connectivity index (χ0) is 7.98. The Bertz CT molecular complexity index is 132. The first kappa shape index (κ1) is 14.6. The standard InChI is InChI=1S/C5H12N2O2S.K/c1-10-3-2-4(6)5(8)9-7;/h8H,2-3,6-7H2,1H3;/q;+1/p-1/b5-4+;. The maximum atomic E-state index is 10.5. The zero-order valence-corrected chi connectivity index (χ0v) is 10.7. The van der Waals surface area contributed by atoms with Gasteiger partial charge in [-0.15, -0.1) is 0 Å². The Hall–Kier alpha value is 1.09. The van der Waals surface area contributed by atoms with Gasteiger partial charge >= 0.3 is 51.4 Å². The number of hydrogen-bond donors (Lipinski definition) is 2. The summed E-state index contributed by atoms with van der Waals surface area (Å²) in [6, 6.07) is 0. The molecule has 0 amide bonds.